The highest BCUT2D eigenvalue weighted by atomic mass is 32.2. The third-order valence-corrected chi connectivity index (χ3v) is 5.70. The van der Waals surface area contributed by atoms with E-state index < -0.39 is 33.4 Å². The summed E-state index contributed by atoms with van der Waals surface area (Å²) in [6.45, 7) is 1.30. The summed E-state index contributed by atoms with van der Waals surface area (Å²) < 4.78 is 30.0. The predicted octanol–water partition coefficient (Wildman–Crippen LogP) is 0.113. The number of hydrogen-bond acceptors (Lipinski definition) is 5. The van der Waals surface area contributed by atoms with Gasteiger partial charge in [0.1, 0.15) is 0 Å². The Balaban J connectivity index is 2.87. The van der Waals surface area contributed by atoms with Gasteiger partial charge in [-0.15, -0.1) is 0 Å². The number of ether oxygens (including phenoxy) is 1. The third kappa shape index (κ3) is 3.02. The zero-order valence-electron chi connectivity index (χ0n) is 11.0. The summed E-state index contributed by atoms with van der Waals surface area (Å²) in [7, 11) is -1.22. The maximum absolute atomic E-state index is 12.2. The van der Waals surface area contributed by atoms with Crippen molar-refractivity contribution in [1.82, 2.24) is 4.31 Å². The molecule has 0 saturated heterocycles. The number of hydrogen-bond donors (Lipinski definition) is 1. The van der Waals surface area contributed by atoms with E-state index in [2.05, 4.69) is 4.74 Å². The Labute approximate surface area is 108 Å². The van der Waals surface area contributed by atoms with Crippen LogP contribution >= 0.6 is 0 Å². The first-order valence-corrected chi connectivity index (χ1v) is 7.55. The van der Waals surface area contributed by atoms with Gasteiger partial charge >= 0.3 is 5.97 Å². The van der Waals surface area contributed by atoms with Crippen molar-refractivity contribution < 1.29 is 23.1 Å². The van der Waals surface area contributed by atoms with E-state index in [-0.39, 0.29) is 0 Å². The predicted molar refractivity (Wildman–Crippen MR) is 66.4 cm³/mol. The Kier molecular flexibility index (Phi) is 5.12. The Morgan fingerprint density at radius 3 is 2.44 bits per heavy atom. The second-order valence-electron chi connectivity index (χ2n) is 4.65. The van der Waals surface area contributed by atoms with E-state index >= 15 is 0 Å². The van der Waals surface area contributed by atoms with Crippen LogP contribution in [0.2, 0.25) is 0 Å². The number of carbonyl (C=O) groups excluding carboxylic acids is 1. The summed E-state index contributed by atoms with van der Waals surface area (Å²) in [4.78, 5) is 11.3. The molecule has 1 N–H and O–H groups in total. The van der Waals surface area contributed by atoms with Gasteiger partial charge in [-0.25, -0.2) is 8.42 Å². The second kappa shape index (κ2) is 5.99. The van der Waals surface area contributed by atoms with Crippen molar-refractivity contribution in [2.45, 2.75) is 50.0 Å². The van der Waals surface area contributed by atoms with Crippen LogP contribution in [0.25, 0.3) is 0 Å². The van der Waals surface area contributed by atoms with E-state index in [9.17, 15) is 18.3 Å². The zero-order chi connectivity index (χ0) is 13.9. The SMILES string of the molecule is COC(=O)C(C)S(=O)(=O)N(C)C1CCCCC1O. The minimum Gasteiger partial charge on any atom is -0.468 e. The molecule has 1 aliphatic carbocycles. The smallest absolute Gasteiger partial charge is 0.325 e. The molecule has 1 fully saturated rings. The molecule has 0 radical (unpaired) electrons. The van der Waals surface area contributed by atoms with E-state index in [0.717, 1.165) is 24.3 Å². The molecule has 0 aromatic rings. The van der Waals surface area contributed by atoms with Crippen molar-refractivity contribution >= 4 is 16.0 Å². The molecule has 3 unspecified atom stereocenters. The van der Waals surface area contributed by atoms with Crippen LogP contribution in [-0.4, -0.2) is 55.4 Å². The van der Waals surface area contributed by atoms with Crippen molar-refractivity contribution in [3.05, 3.63) is 0 Å². The van der Waals surface area contributed by atoms with Gasteiger partial charge in [-0.2, -0.15) is 4.31 Å². The number of likely N-dealkylation sites (N-methyl/N-ethyl adjacent to an activating group) is 1. The molecule has 0 amide bonds. The van der Waals surface area contributed by atoms with Gasteiger partial charge in [-0.1, -0.05) is 12.8 Å². The number of sulfonamides is 1. The van der Waals surface area contributed by atoms with Crippen LogP contribution < -0.4 is 0 Å². The molecule has 0 bridgehead atoms. The second-order valence-corrected chi connectivity index (χ2v) is 6.96. The summed E-state index contributed by atoms with van der Waals surface area (Å²) in [5.74, 6) is -0.785. The number of rotatable bonds is 4. The maximum Gasteiger partial charge on any atom is 0.325 e. The number of aliphatic hydroxyl groups is 1. The highest BCUT2D eigenvalue weighted by molar-refractivity contribution is 7.90. The minimum atomic E-state index is -3.78. The molecule has 3 atom stereocenters. The first-order chi connectivity index (χ1) is 8.32. The normalized spacial score (nSPS) is 26.9. The molecular formula is C11H21NO5S. The van der Waals surface area contributed by atoms with Gasteiger partial charge < -0.3 is 9.84 Å². The molecule has 18 heavy (non-hydrogen) atoms. The summed E-state index contributed by atoms with van der Waals surface area (Å²) in [5, 5.41) is 8.61. The largest absolute Gasteiger partial charge is 0.468 e. The molecule has 6 nitrogen and oxygen atoms in total. The van der Waals surface area contributed by atoms with Gasteiger partial charge in [0.05, 0.1) is 19.3 Å². The Bertz CT molecular complexity index is 394. The third-order valence-electron chi connectivity index (χ3n) is 3.54. The number of esters is 1. The van der Waals surface area contributed by atoms with Crippen LogP contribution in [0.3, 0.4) is 0 Å². The quantitative estimate of drug-likeness (QED) is 0.739. The molecule has 1 rings (SSSR count). The fourth-order valence-electron chi connectivity index (χ4n) is 2.24. The van der Waals surface area contributed by atoms with Crippen LogP contribution in [0, 0.1) is 0 Å². The van der Waals surface area contributed by atoms with E-state index in [1.807, 2.05) is 0 Å². The zero-order valence-corrected chi connectivity index (χ0v) is 11.8. The molecule has 1 aliphatic rings. The van der Waals surface area contributed by atoms with Crippen molar-refractivity contribution in [3.8, 4) is 0 Å². The van der Waals surface area contributed by atoms with Crippen LogP contribution in [0.5, 0.6) is 0 Å². The molecule has 0 heterocycles. The average Bonchev–Trinajstić information content (AvgIpc) is 2.36. The van der Waals surface area contributed by atoms with Crippen LogP contribution in [0.1, 0.15) is 32.6 Å². The molecule has 0 aromatic heterocycles. The molecule has 0 aromatic carbocycles. The van der Waals surface area contributed by atoms with Gasteiger partial charge in [0.2, 0.25) is 10.0 Å². The molecule has 0 aliphatic heterocycles. The highest BCUT2D eigenvalue weighted by Gasteiger charge is 2.39. The molecule has 7 heteroatoms. The van der Waals surface area contributed by atoms with Crippen LogP contribution in [-0.2, 0) is 19.6 Å². The topological polar surface area (TPSA) is 83.9 Å². The van der Waals surface area contributed by atoms with E-state index in [0.29, 0.717) is 12.8 Å². The van der Waals surface area contributed by atoms with Crippen LogP contribution in [0.4, 0.5) is 0 Å². The van der Waals surface area contributed by atoms with Crippen LogP contribution in [0.15, 0.2) is 0 Å². The summed E-state index contributed by atoms with van der Waals surface area (Å²) in [5.41, 5.74) is 0. The van der Waals surface area contributed by atoms with E-state index in [1.165, 1.54) is 14.0 Å². The van der Waals surface area contributed by atoms with Gasteiger partial charge in [-0.05, 0) is 19.8 Å². The summed E-state index contributed by atoms with van der Waals surface area (Å²) >= 11 is 0. The summed E-state index contributed by atoms with van der Waals surface area (Å²) in [6.07, 6.45) is 2.33. The number of nitrogens with zero attached hydrogens (tertiary/aromatic N) is 1. The van der Waals surface area contributed by atoms with Gasteiger partial charge in [-0.3, -0.25) is 4.79 Å². The first-order valence-electron chi connectivity index (χ1n) is 6.05. The van der Waals surface area contributed by atoms with Crippen molar-refractivity contribution in [3.63, 3.8) is 0 Å². The lowest BCUT2D eigenvalue weighted by molar-refractivity contribution is -0.139. The fourth-order valence-corrected chi connectivity index (χ4v) is 3.70. The van der Waals surface area contributed by atoms with Crippen molar-refractivity contribution in [1.29, 1.82) is 0 Å². The molecule has 0 spiro atoms. The van der Waals surface area contributed by atoms with Gasteiger partial charge in [0.25, 0.3) is 0 Å². The number of carbonyl (C=O) groups is 1. The van der Waals surface area contributed by atoms with Gasteiger partial charge in [0, 0.05) is 7.05 Å². The standard InChI is InChI=1S/C11H21NO5S/c1-8(11(14)17-3)18(15,16)12(2)9-6-4-5-7-10(9)13/h8-10,13H,4-7H2,1-3H3. The Hall–Kier alpha value is -0.660. The maximum atomic E-state index is 12.2. The number of methoxy groups -OCH3 is 1. The monoisotopic (exact) mass is 279 g/mol. The average molecular weight is 279 g/mol. The Morgan fingerprint density at radius 1 is 1.39 bits per heavy atom. The molecule has 106 valence electrons. The molecular weight excluding hydrogens is 258 g/mol. The lowest BCUT2D eigenvalue weighted by Gasteiger charge is -2.35. The fraction of sp³-hybridized carbons (Fsp3) is 0.909. The first kappa shape index (κ1) is 15.4. The summed E-state index contributed by atoms with van der Waals surface area (Å²) in [6, 6.07) is -0.448. The minimum absolute atomic E-state index is 0.448. The van der Waals surface area contributed by atoms with Crippen molar-refractivity contribution in [2.75, 3.05) is 14.2 Å². The highest BCUT2D eigenvalue weighted by Crippen LogP contribution is 2.25. The number of aliphatic hydroxyl groups excluding tert-OH is 1. The van der Waals surface area contributed by atoms with E-state index in [4.69, 9.17) is 0 Å². The van der Waals surface area contributed by atoms with Gasteiger partial charge in [0.15, 0.2) is 5.25 Å². The lowest BCUT2D eigenvalue weighted by atomic mass is 9.93. The molecule has 1 saturated carbocycles. The van der Waals surface area contributed by atoms with E-state index in [1.54, 1.807) is 0 Å². The van der Waals surface area contributed by atoms with Crippen molar-refractivity contribution in [2.24, 2.45) is 0 Å². The lowest BCUT2D eigenvalue weighted by Crippen LogP contribution is -2.50. The Morgan fingerprint density at radius 2 is 1.94 bits per heavy atom.